The molecule has 0 amide bonds. The molecule has 1 fully saturated rings. The lowest BCUT2D eigenvalue weighted by atomic mass is 10.1. The van der Waals surface area contributed by atoms with E-state index in [1.54, 1.807) is 17.8 Å². The first-order chi connectivity index (χ1) is 13.0. The van der Waals surface area contributed by atoms with E-state index in [0.29, 0.717) is 29.7 Å². The van der Waals surface area contributed by atoms with Crippen molar-refractivity contribution in [3.05, 3.63) is 60.3 Å². The Morgan fingerprint density at radius 3 is 2.48 bits per heavy atom. The number of aromatic nitrogens is 1. The van der Waals surface area contributed by atoms with E-state index >= 15 is 0 Å². The van der Waals surface area contributed by atoms with Crippen LogP contribution in [-0.4, -0.2) is 38.0 Å². The van der Waals surface area contributed by atoms with Gasteiger partial charge < -0.3 is 4.90 Å². The molecule has 0 aliphatic carbocycles. The van der Waals surface area contributed by atoms with E-state index in [2.05, 4.69) is 4.98 Å². The summed E-state index contributed by atoms with van der Waals surface area (Å²) in [4.78, 5) is 6.04. The summed E-state index contributed by atoms with van der Waals surface area (Å²) in [5, 5.41) is 0.570. The zero-order chi connectivity index (χ0) is 19.0. The summed E-state index contributed by atoms with van der Waals surface area (Å²) in [5.74, 6) is 0.674. The molecule has 0 spiro atoms. The molecule has 3 aromatic rings. The number of benzene rings is 2. The molecule has 27 heavy (non-hydrogen) atoms. The molecular formula is C19H16F2N2O2S2. The number of pyridine rings is 1. The fraction of sp³-hybridized carbons (Fsp3) is 0.211. The van der Waals surface area contributed by atoms with Gasteiger partial charge in [0.2, 0.25) is 9.84 Å². The standard InChI is InChI=1S/C19H16F2N2O2S2/c20-13-2-1-3-15(10-13)27(24,25)18-12-22-17-11-14(21)4-5-16(17)19(18)23-6-8-26-9-7-23/h1-5,10-12H,6-9H2. The number of thioether (sulfide) groups is 1. The zero-order valence-corrected chi connectivity index (χ0v) is 15.9. The van der Waals surface area contributed by atoms with Gasteiger partial charge in [0, 0.05) is 42.2 Å². The number of rotatable bonds is 3. The van der Waals surface area contributed by atoms with Crippen molar-refractivity contribution in [2.45, 2.75) is 9.79 Å². The number of halogens is 2. The highest BCUT2D eigenvalue weighted by Gasteiger charge is 2.28. The first kappa shape index (κ1) is 18.2. The summed E-state index contributed by atoms with van der Waals surface area (Å²) in [6.07, 6.45) is 1.25. The second kappa shape index (κ2) is 7.09. The predicted octanol–water partition coefficient (Wildman–Crippen LogP) is 3.90. The largest absolute Gasteiger partial charge is 0.368 e. The van der Waals surface area contributed by atoms with Crippen LogP contribution in [0.3, 0.4) is 0 Å². The molecule has 1 aliphatic heterocycles. The fourth-order valence-electron chi connectivity index (χ4n) is 3.20. The SMILES string of the molecule is O=S(=O)(c1cccc(F)c1)c1cnc2cc(F)ccc2c1N1CCSCC1. The van der Waals surface area contributed by atoms with E-state index < -0.39 is 21.5 Å². The molecule has 0 radical (unpaired) electrons. The summed E-state index contributed by atoms with van der Waals surface area (Å²) in [6.45, 7) is 1.35. The highest BCUT2D eigenvalue weighted by molar-refractivity contribution is 7.99. The van der Waals surface area contributed by atoms with Crippen molar-refractivity contribution in [1.29, 1.82) is 0 Å². The van der Waals surface area contributed by atoms with Crippen molar-refractivity contribution in [3.63, 3.8) is 0 Å². The molecule has 0 unspecified atom stereocenters. The number of anilines is 1. The lowest BCUT2D eigenvalue weighted by Crippen LogP contribution is -2.33. The second-order valence-corrected chi connectivity index (χ2v) is 9.34. The maximum Gasteiger partial charge on any atom is 0.210 e. The summed E-state index contributed by atoms with van der Waals surface area (Å²) in [5.41, 5.74) is 0.894. The molecular weight excluding hydrogens is 390 g/mol. The average Bonchev–Trinajstić information content (AvgIpc) is 2.67. The first-order valence-electron chi connectivity index (χ1n) is 8.38. The van der Waals surface area contributed by atoms with Crippen LogP contribution in [-0.2, 0) is 9.84 Å². The Kier molecular flexibility index (Phi) is 4.77. The number of fused-ring (bicyclic) bond motifs is 1. The molecule has 0 bridgehead atoms. The minimum absolute atomic E-state index is 0.0131. The van der Waals surface area contributed by atoms with E-state index in [4.69, 9.17) is 0 Å². The van der Waals surface area contributed by atoms with Crippen LogP contribution in [0.5, 0.6) is 0 Å². The number of sulfone groups is 1. The highest BCUT2D eigenvalue weighted by Crippen LogP contribution is 2.37. The highest BCUT2D eigenvalue weighted by atomic mass is 32.2. The number of hydrogen-bond donors (Lipinski definition) is 0. The van der Waals surface area contributed by atoms with Gasteiger partial charge in [-0.25, -0.2) is 17.2 Å². The van der Waals surface area contributed by atoms with Crippen LogP contribution >= 0.6 is 11.8 Å². The van der Waals surface area contributed by atoms with Crippen LogP contribution in [0.1, 0.15) is 0 Å². The minimum Gasteiger partial charge on any atom is -0.368 e. The van der Waals surface area contributed by atoms with Gasteiger partial charge in [-0.05, 0) is 30.3 Å². The van der Waals surface area contributed by atoms with E-state index in [0.717, 1.165) is 17.6 Å². The van der Waals surface area contributed by atoms with Gasteiger partial charge in [-0.3, -0.25) is 4.98 Å². The third-order valence-corrected chi connectivity index (χ3v) is 7.19. The molecule has 0 N–H and O–H groups in total. The average molecular weight is 406 g/mol. The van der Waals surface area contributed by atoms with Gasteiger partial charge in [-0.1, -0.05) is 6.07 Å². The fourth-order valence-corrected chi connectivity index (χ4v) is 5.57. The monoisotopic (exact) mass is 406 g/mol. The lowest BCUT2D eigenvalue weighted by Gasteiger charge is -2.31. The molecule has 0 atom stereocenters. The maximum atomic E-state index is 13.6. The van der Waals surface area contributed by atoms with Crippen molar-refractivity contribution in [1.82, 2.24) is 4.98 Å². The molecule has 2 aromatic carbocycles. The Morgan fingerprint density at radius 2 is 1.74 bits per heavy atom. The van der Waals surface area contributed by atoms with Gasteiger partial charge in [-0.15, -0.1) is 0 Å². The van der Waals surface area contributed by atoms with Gasteiger partial charge >= 0.3 is 0 Å². The van der Waals surface area contributed by atoms with Crippen molar-refractivity contribution in [2.24, 2.45) is 0 Å². The molecule has 1 saturated heterocycles. The van der Waals surface area contributed by atoms with E-state index in [9.17, 15) is 17.2 Å². The van der Waals surface area contributed by atoms with Gasteiger partial charge in [0.15, 0.2) is 0 Å². The Bertz CT molecular complexity index is 1110. The van der Waals surface area contributed by atoms with Crippen LogP contribution in [0.15, 0.2) is 58.5 Å². The Labute approximate surface area is 160 Å². The van der Waals surface area contributed by atoms with Crippen LogP contribution in [0.4, 0.5) is 14.5 Å². The Hall–Kier alpha value is -2.19. The van der Waals surface area contributed by atoms with Crippen molar-refractivity contribution >= 4 is 38.2 Å². The lowest BCUT2D eigenvalue weighted by molar-refractivity contribution is 0.590. The third-order valence-electron chi connectivity index (χ3n) is 4.49. The summed E-state index contributed by atoms with van der Waals surface area (Å²) >= 11 is 1.80. The van der Waals surface area contributed by atoms with Gasteiger partial charge in [0.05, 0.1) is 16.1 Å². The zero-order valence-electron chi connectivity index (χ0n) is 14.2. The number of hydrogen-bond acceptors (Lipinski definition) is 5. The van der Waals surface area contributed by atoms with Crippen molar-refractivity contribution in [3.8, 4) is 0 Å². The molecule has 1 aliphatic rings. The molecule has 4 nitrogen and oxygen atoms in total. The van der Waals surface area contributed by atoms with Crippen molar-refractivity contribution < 1.29 is 17.2 Å². The molecule has 0 saturated carbocycles. The normalized spacial score (nSPS) is 15.3. The quantitative estimate of drug-likeness (QED) is 0.660. The minimum atomic E-state index is -3.99. The van der Waals surface area contributed by atoms with Crippen LogP contribution in [0.2, 0.25) is 0 Å². The van der Waals surface area contributed by atoms with Crippen molar-refractivity contribution in [2.75, 3.05) is 29.5 Å². The van der Waals surface area contributed by atoms with E-state index in [1.165, 1.54) is 36.5 Å². The Balaban J connectivity index is 1.98. The van der Waals surface area contributed by atoms with Gasteiger partial charge in [-0.2, -0.15) is 11.8 Å². The Morgan fingerprint density at radius 1 is 1.00 bits per heavy atom. The topological polar surface area (TPSA) is 50.3 Å². The van der Waals surface area contributed by atoms with Crippen LogP contribution in [0, 0.1) is 11.6 Å². The molecule has 8 heteroatoms. The predicted molar refractivity (Wildman–Crippen MR) is 103 cm³/mol. The smallest absolute Gasteiger partial charge is 0.210 e. The molecule has 1 aromatic heterocycles. The third kappa shape index (κ3) is 3.39. The van der Waals surface area contributed by atoms with E-state index in [-0.39, 0.29) is 9.79 Å². The van der Waals surface area contributed by atoms with E-state index in [1.807, 2.05) is 4.90 Å². The molecule has 2 heterocycles. The van der Waals surface area contributed by atoms with Crippen LogP contribution in [0.25, 0.3) is 10.9 Å². The van der Waals surface area contributed by atoms with Gasteiger partial charge in [0.25, 0.3) is 0 Å². The summed E-state index contributed by atoms with van der Waals surface area (Å²) in [6, 6.07) is 9.07. The van der Waals surface area contributed by atoms with Gasteiger partial charge in [0.1, 0.15) is 16.5 Å². The summed E-state index contributed by atoms with van der Waals surface area (Å²) < 4.78 is 53.8. The second-order valence-electron chi connectivity index (χ2n) is 6.19. The van der Waals surface area contributed by atoms with Crippen LogP contribution < -0.4 is 4.90 Å². The molecule has 4 rings (SSSR count). The summed E-state index contributed by atoms with van der Waals surface area (Å²) in [7, 11) is -3.99. The molecule has 140 valence electrons. The first-order valence-corrected chi connectivity index (χ1v) is 11.0. The number of nitrogens with zero attached hydrogens (tertiary/aromatic N) is 2. The maximum absolute atomic E-state index is 13.6.